The molecule has 41 heavy (non-hydrogen) atoms. The third-order valence-electron chi connectivity index (χ3n) is 8.22. The molecule has 6 rings (SSSR count). The zero-order chi connectivity index (χ0) is 28.7. The summed E-state index contributed by atoms with van der Waals surface area (Å²) in [7, 11) is -1.85. The number of nitrogens with zero attached hydrogens (tertiary/aromatic N) is 3. The molecular formula is C32H33FN4O3S. The van der Waals surface area contributed by atoms with Crippen LogP contribution in [0.5, 0.6) is 0 Å². The van der Waals surface area contributed by atoms with E-state index in [9.17, 15) is 17.6 Å². The molecule has 3 atom stereocenters. The Kier molecular flexibility index (Phi) is 7.25. The highest BCUT2D eigenvalue weighted by atomic mass is 32.2. The van der Waals surface area contributed by atoms with Gasteiger partial charge < -0.3 is 9.47 Å². The van der Waals surface area contributed by atoms with Crippen molar-refractivity contribution in [2.75, 3.05) is 4.90 Å². The second kappa shape index (κ2) is 10.9. The van der Waals surface area contributed by atoms with Crippen molar-refractivity contribution < 1.29 is 17.6 Å². The van der Waals surface area contributed by atoms with Gasteiger partial charge in [0.1, 0.15) is 11.6 Å². The van der Waals surface area contributed by atoms with Gasteiger partial charge in [-0.05, 0) is 97.2 Å². The number of imidazole rings is 1. The van der Waals surface area contributed by atoms with Crippen LogP contribution in [0.1, 0.15) is 59.3 Å². The minimum atomic E-state index is -3.74. The molecule has 3 aromatic carbocycles. The zero-order valence-corrected chi connectivity index (χ0v) is 23.9. The Balaban J connectivity index is 1.32. The summed E-state index contributed by atoms with van der Waals surface area (Å²) in [5, 5.41) is 0. The van der Waals surface area contributed by atoms with Gasteiger partial charge in [-0.2, -0.15) is 0 Å². The number of fused-ring (bicyclic) bond motifs is 1. The second-order valence-corrected chi connectivity index (χ2v) is 12.9. The van der Waals surface area contributed by atoms with Gasteiger partial charge in [0.2, 0.25) is 15.9 Å². The molecule has 1 aromatic heterocycles. The number of aryl methyl sites for hydroxylation is 3. The number of hydrogen-bond acceptors (Lipinski definition) is 4. The van der Waals surface area contributed by atoms with Crippen LogP contribution in [0.25, 0.3) is 0 Å². The molecule has 0 saturated heterocycles. The molecule has 0 unspecified atom stereocenters. The Morgan fingerprint density at radius 2 is 1.95 bits per heavy atom. The van der Waals surface area contributed by atoms with Gasteiger partial charge in [0.05, 0.1) is 11.4 Å². The van der Waals surface area contributed by atoms with Crippen LogP contribution in [0.2, 0.25) is 0 Å². The van der Waals surface area contributed by atoms with E-state index in [-0.39, 0.29) is 35.0 Å². The quantitative estimate of drug-likeness (QED) is 0.300. The summed E-state index contributed by atoms with van der Waals surface area (Å²) in [6.45, 7) is 2.14. The Hall–Kier alpha value is -3.82. The predicted molar refractivity (Wildman–Crippen MR) is 155 cm³/mol. The minimum absolute atomic E-state index is 0.0337. The van der Waals surface area contributed by atoms with E-state index in [2.05, 4.69) is 9.71 Å². The van der Waals surface area contributed by atoms with Gasteiger partial charge in [0.25, 0.3) is 0 Å². The number of rotatable bonds is 8. The summed E-state index contributed by atoms with van der Waals surface area (Å²) in [5.74, 6) is 0.0854. The molecule has 2 aliphatic carbocycles. The van der Waals surface area contributed by atoms with Crippen LogP contribution in [0.3, 0.4) is 0 Å². The number of carbonyl (C=O) groups excluding carboxylic acids is 1. The maximum Gasteiger partial charge on any atom is 0.241 e. The van der Waals surface area contributed by atoms with Gasteiger partial charge >= 0.3 is 0 Å². The zero-order valence-electron chi connectivity index (χ0n) is 23.1. The molecule has 1 saturated carbocycles. The largest absolute Gasteiger partial charge is 0.337 e. The van der Waals surface area contributed by atoms with Crippen LogP contribution in [0.4, 0.5) is 10.1 Å². The van der Waals surface area contributed by atoms with Crippen LogP contribution in [-0.2, 0) is 34.8 Å². The van der Waals surface area contributed by atoms with Gasteiger partial charge in [-0.1, -0.05) is 30.3 Å². The first-order valence-corrected chi connectivity index (χ1v) is 15.4. The van der Waals surface area contributed by atoms with Gasteiger partial charge in [-0.15, -0.1) is 0 Å². The third-order valence-corrected chi connectivity index (χ3v) is 9.69. The van der Waals surface area contributed by atoms with Crippen molar-refractivity contribution in [3.63, 3.8) is 0 Å². The van der Waals surface area contributed by atoms with E-state index in [1.54, 1.807) is 35.4 Å². The first-order valence-electron chi connectivity index (χ1n) is 13.9. The molecule has 0 bridgehead atoms. The molecule has 0 aliphatic heterocycles. The summed E-state index contributed by atoms with van der Waals surface area (Å²) in [6, 6.07) is 18.8. The maximum atomic E-state index is 14.0. The fraction of sp³-hybridized carbons (Fsp3) is 0.312. The maximum absolute atomic E-state index is 14.0. The lowest BCUT2D eigenvalue weighted by Gasteiger charge is -2.29. The number of anilines is 1. The summed E-state index contributed by atoms with van der Waals surface area (Å²) in [6.07, 6.45) is 6.57. The van der Waals surface area contributed by atoms with E-state index in [1.165, 1.54) is 12.1 Å². The van der Waals surface area contributed by atoms with Crippen LogP contribution in [-0.4, -0.2) is 23.9 Å². The van der Waals surface area contributed by atoms with E-state index in [0.29, 0.717) is 18.5 Å². The molecule has 1 heterocycles. The molecule has 7 nitrogen and oxygen atoms in total. The van der Waals surface area contributed by atoms with Crippen molar-refractivity contribution in [1.82, 2.24) is 14.3 Å². The number of nitrogens with one attached hydrogen (secondary N) is 1. The van der Waals surface area contributed by atoms with E-state index in [1.807, 2.05) is 55.1 Å². The Bertz CT molecular complexity index is 1720. The van der Waals surface area contributed by atoms with Crippen LogP contribution >= 0.6 is 0 Å². The highest BCUT2D eigenvalue weighted by Gasteiger charge is 2.46. The van der Waals surface area contributed by atoms with Crippen LogP contribution in [0, 0.1) is 18.7 Å². The molecular weight excluding hydrogens is 539 g/mol. The standard InChI is InChI=1S/C32H33FN4O3S/c1-21-6-3-10-26(16-21)41(39,40)35-30-11-5-7-22-12-13-25(18-28(22)30)37(20-31-34-14-15-36(31)2)32(38)29-19-27(29)23-8-4-9-24(33)17-23/h3-4,6,8-10,12-18,27,29-30,35H,5,7,11,19-20H2,1-2H3/t27-,29-,30-/m1/s1. The number of amides is 1. The number of aromatic nitrogens is 2. The molecule has 1 amide bonds. The van der Waals surface area contributed by atoms with Gasteiger partial charge in [-0.25, -0.2) is 22.5 Å². The predicted octanol–water partition coefficient (Wildman–Crippen LogP) is 5.56. The molecule has 212 valence electrons. The number of sulfonamides is 1. The van der Waals surface area contributed by atoms with E-state index in [0.717, 1.165) is 40.9 Å². The Labute approximate surface area is 240 Å². The number of halogens is 1. The summed E-state index contributed by atoms with van der Waals surface area (Å²) in [4.78, 5) is 20.4. The van der Waals surface area contributed by atoms with E-state index >= 15 is 0 Å². The van der Waals surface area contributed by atoms with Crippen LogP contribution in [0.15, 0.2) is 84.0 Å². The van der Waals surface area contributed by atoms with Crippen LogP contribution < -0.4 is 9.62 Å². The summed E-state index contributed by atoms with van der Waals surface area (Å²) in [5.41, 5.74) is 4.37. The molecule has 1 fully saturated rings. The van der Waals surface area contributed by atoms with Crippen molar-refractivity contribution in [2.24, 2.45) is 13.0 Å². The first kappa shape index (κ1) is 27.4. The van der Waals surface area contributed by atoms with Gasteiger partial charge in [0.15, 0.2) is 0 Å². The number of hydrogen-bond donors (Lipinski definition) is 1. The average molecular weight is 573 g/mol. The Morgan fingerprint density at radius 3 is 2.71 bits per heavy atom. The molecule has 4 aromatic rings. The monoisotopic (exact) mass is 572 g/mol. The normalized spacial score (nSPS) is 19.9. The SMILES string of the molecule is Cc1cccc(S(=O)(=O)N[C@@H]2CCCc3ccc(N(Cc4nccn4C)C(=O)[C@@H]4C[C@@H]4c4cccc(F)c4)cc32)c1. The van der Waals surface area contributed by atoms with Crippen molar-refractivity contribution >= 4 is 21.6 Å². The van der Waals surface area contributed by atoms with Crippen molar-refractivity contribution in [3.8, 4) is 0 Å². The minimum Gasteiger partial charge on any atom is -0.337 e. The summed E-state index contributed by atoms with van der Waals surface area (Å²) >= 11 is 0. The molecule has 9 heteroatoms. The third kappa shape index (κ3) is 5.69. The first-order chi connectivity index (χ1) is 19.7. The fourth-order valence-corrected chi connectivity index (χ4v) is 7.23. The lowest BCUT2D eigenvalue weighted by molar-refractivity contribution is -0.120. The number of carbonyl (C=O) groups is 1. The van der Waals surface area contributed by atoms with Crippen molar-refractivity contribution in [2.45, 2.75) is 56.0 Å². The van der Waals surface area contributed by atoms with Crippen molar-refractivity contribution in [3.05, 3.63) is 113 Å². The highest BCUT2D eigenvalue weighted by molar-refractivity contribution is 7.89. The fourth-order valence-electron chi connectivity index (χ4n) is 5.88. The molecule has 0 spiro atoms. The smallest absolute Gasteiger partial charge is 0.241 e. The topological polar surface area (TPSA) is 84.3 Å². The molecule has 1 N–H and O–H groups in total. The average Bonchev–Trinajstić information content (AvgIpc) is 3.66. The van der Waals surface area contributed by atoms with Gasteiger partial charge in [0, 0.05) is 37.1 Å². The molecule has 0 radical (unpaired) electrons. The van der Waals surface area contributed by atoms with Crippen molar-refractivity contribution in [1.29, 1.82) is 0 Å². The lowest BCUT2D eigenvalue weighted by atomic mass is 9.87. The lowest BCUT2D eigenvalue weighted by Crippen LogP contribution is -2.34. The number of benzene rings is 3. The van der Waals surface area contributed by atoms with E-state index in [4.69, 9.17) is 0 Å². The second-order valence-electron chi connectivity index (χ2n) is 11.1. The summed E-state index contributed by atoms with van der Waals surface area (Å²) < 4.78 is 45.3. The van der Waals surface area contributed by atoms with Gasteiger partial charge in [-0.3, -0.25) is 4.79 Å². The Morgan fingerprint density at radius 1 is 1.12 bits per heavy atom. The molecule has 2 aliphatic rings. The van der Waals surface area contributed by atoms with E-state index < -0.39 is 16.1 Å². The highest BCUT2D eigenvalue weighted by Crippen LogP contribution is 2.49.